The fourth-order valence-corrected chi connectivity index (χ4v) is 2.79. The topological polar surface area (TPSA) is 59.6 Å². The normalized spacial score (nSPS) is 15.7. The second-order valence-corrected chi connectivity index (χ2v) is 5.82. The van der Waals surface area contributed by atoms with E-state index in [9.17, 15) is 4.79 Å². The van der Waals surface area contributed by atoms with Gasteiger partial charge in [-0.05, 0) is 60.1 Å². The summed E-state index contributed by atoms with van der Waals surface area (Å²) >= 11 is 3.40. The summed E-state index contributed by atoms with van der Waals surface area (Å²) in [4.78, 5) is 11.9. The number of methoxy groups -OCH3 is 1. The molecule has 2 N–H and O–H groups in total. The zero-order valence-electron chi connectivity index (χ0n) is 12.2. The lowest BCUT2D eigenvalue weighted by Gasteiger charge is -2.22. The Labute approximate surface area is 133 Å². The van der Waals surface area contributed by atoms with Crippen LogP contribution < -0.4 is 15.4 Å². The van der Waals surface area contributed by atoms with E-state index in [0.29, 0.717) is 13.0 Å². The van der Waals surface area contributed by atoms with Crippen LogP contribution in [-0.4, -0.2) is 38.8 Å². The average Bonchev–Trinajstić information content (AvgIpc) is 2.48. The number of hydrogen-bond acceptors (Lipinski definition) is 4. The first kappa shape index (κ1) is 16.3. The molecule has 0 atom stereocenters. The molecular formula is C15H21BrN2O3. The van der Waals surface area contributed by atoms with Gasteiger partial charge in [-0.3, -0.25) is 4.79 Å². The van der Waals surface area contributed by atoms with E-state index in [0.717, 1.165) is 41.8 Å². The third kappa shape index (κ3) is 5.30. The van der Waals surface area contributed by atoms with Gasteiger partial charge in [0.25, 0.3) is 0 Å². The number of piperidine rings is 1. The van der Waals surface area contributed by atoms with Crippen molar-refractivity contribution < 1.29 is 14.3 Å². The van der Waals surface area contributed by atoms with E-state index in [2.05, 4.69) is 26.6 Å². The molecule has 6 heteroatoms. The molecular weight excluding hydrogens is 336 g/mol. The maximum absolute atomic E-state index is 11.9. The van der Waals surface area contributed by atoms with E-state index in [-0.39, 0.29) is 12.0 Å². The Kier molecular flexibility index (Phi) is 6.48. The molecule has 1 amide bonds. The van der Waals surface area contributed by atoms with Crippen molar-refractivity contribution in [3.8, 4) is 5.75 Å². The van der Waals surface area contributed by atoms with Crippen LogP contribution in [0.2, 0.25) is 0 Å². The maximum atomic E-state index is 11.9. The summed E-state index contributed by atoms with van der Waals surface area (Å²) < 4.78 is 11.7. The summed E-state index contributed by atoms with van der Waals surface area (Å²) in [5.74, 6) is 0.697. The minimum atomic E-state index is -0.0407. The largest absolute Gasteiger partial charge is 0.496 e. The first-order valence-corrected chi connectivity index (χ1v) is 7.94. The minimum absolute atomic E-state index is 0.0407. The first-order valence-electron chi connectivity index (χ1n) is 7.15. The van der Waals surface area contributed by atoms with E-state index in [4.69, 9.17) is 9.47 Å². The number of halogens is 1. The summed E-state index contributed by atoms with van der Waals surface area (Å²) in [6.45, 7) is 2.46. The second-order valence-electron chi connectivity index (χ2n) is 4.97. The molecule has 2 rings (SSSR count). The Morgan fingerprint density at radius 1 is 1.43 bits per heavy atom. The van der Waals surface area contributed by atoms with Crippen molar-refractivity contribution in [2.24, 2.45) is 0 Å². The van der Waals surface area contributed by atoms with Crippen LogP contribution in [0.3, 0.4) is 0 Å². The number of nitrogens with one attached hydrogen (secondary N) is 2. The van der Waals surface area contributed by atoms with E-state index in [1.807, 2.05) is 18.2 Å². The van der Waals surface area contributed by atoms with Gasteiger partial charge in [-0.2, -0.15) is 0 Å². The number of carbonyl (C=O) groups is 1. The van der Waals surface area contributed by atoms with E-state index >= 15 is 0 Å². The number of carbonyl (C=O) groups excluding carboxylic acids is 1. The molecule has 1 aromatic rings. The Morgan fingerprint density at radius 3 is 2.86 bits per heavy atom. The summed E-state index contributed by atoms with van der Waals surface area (Å²) in [5.41, 5.74) is 0.745. The number of amides is 1. The lowest BCUT2D eigenvalue weighted by molar-refractivity contribution is -0.117. The fourth-order valence-electron chi connectivity index (χ4n) is 2.25. The quantitative estimate of drug-likeness (QED) is 0.822. The first-order chi connectivity index (χ1) is 10.2. The molecule has 1 aromatic carbocycles. The van der Waals surface area contributed by atoms with Crippen molar-refractivity contribution in [3.05, 3.63) is 22.7 Å². The van der Waals surface area contributed by atoms with Crippen molar-refractivity contribution >= 4 is 27.5 Å². The van der Waals surface area contributed by atoms with Crippen molar-refractivity contribution in [1.29, 1.82) is 0 Å². The molecule has 1 heterocycles. The van der Waals surface area contributed by atoms with Gasteiger partial charge in [-0.1, -0.05) is 0 Å². The predicted molar refractivity (Wildman–Crippen MR) is 85.8 cm³/mol. The van der Waals surface area contributed by atoms with Crippen LogP contribution in [0.5, 0.6) is 5.75 Å². The molecule has 0 saturated carbocycles. The average molecular weight is 357 g/mol. The molecule has 1 aliphatic heterocycles. The smallest absolute Gasteiger partial charge is 0.226 e. The highest BCUT2D eigenvalue weighted by Crippen LogP contribution is 2.27. The molecule has 0 spiro atoms. The van der Waals surface area contributed by atoms with Crippen molar-refractivity contribution in [2.45, 2.75) is 25.4 Å². The van der Waals surface area contributed by atoms with Crippen LogP contribution in [0.25, 0.3) is 0 Å². The molecule has 1 fully saturated rings. The summed E-state index contributed by atoms with van der Waals surface area (Å²) in [7, 11) is 1.61. The van der Waals surface area contributed by atoms with Crippen LogP contribution in [-0.2, 0) is 9.53 Å². The molecule has 0 radical (unpaired) electrons. The van der Waals surface area contributed by atoms with Crippen LogP contribution in [0, 0.1) is 0 Å². The summed E-state index contributed by atoms with van der Waals surface area (Å²) in [6.07, 6.45) is 2.70. The maximum Gasteiger partial charge on any atom is 0.226 e. The van der Waals surface area contributed by atoms with E-state index in [1.165, 1.54) is 0 Å². The van der Waals surface area contributed by atoms with Gasteiger partial charge in [0.1, 0.15) is 5.75 Å². The molecule has 0 bridgehead atoms. The second kappa shape index (κ2) is 8.36. The van der Waals surface area contributed by atoms with Gasteiger partial charge in [-0.15, -0.1) is 0 Å². The van der Waals surface area contributed by atoms with E-state index < -0.39 is 0 Å². The van der Waals surface area contributed by atoms with Gasteiger partial charge < -0.3 is 20.1 Å². The van der Waals surface area contributed by atoms with Crippen molar-refractivity contribution in [1.82, 2.24) is 5.32 Å². The van der Waals surface area contributed by atoms with Gasteiger partial charge in [0.05, 0.1) is 30.7 Å². The monoisotopic (exact) mass is 356 g/mol. The van der Waals surface area contributed by atoms with E-state index in [1.54, 1.807) is 7.11 Å². The molecule has 0 unspecified atom stereocenters. The standard InChI is InChI=1S/C15H21BrN2O3/c1-20-14-3-2-11(10-13(14)16)18-15(19)6-9-21-12-4-7-17-8-5-12/h2-3,10,12,17H,4-9H2,1H3,(H,18,19). The molecule has 5 nitrogen and oxygen atoms in total. The fraction of sp³-hybridized carbons (Fsp3) is 0.533. The summed E-state index contributed by atoms with van der Waals surface area (Å²) in [6, 6.07) is 5.45. The van der Waals surface area contributed by atoms with Crippen LogP contribution >= 0.6 is 15.9 Å². The van der Waals surface area contributed by atoms with Gasteiger partial charge in [-0.25, -0.2) is 0 Å². The van der Waals surface area contributed by atoms with Crippen LogP contribution in [0.15, 0.2) is 22.7 Å². The van der Waals surface area contributed by atoms with Gasteiger partial charge in [0.15, 0.2) is 0 Å². The predicted octanol–water partition coefficient (Wildman–Crippen LogP) is 2.55. The minimum Gasteiger partial charge on any atom is -0.496 e. The Morgan fingerprint density at radius 2 is 2.19 bits per heavy atom. The highest BCUT2D eigenvalue weighted by atomic mass is 79.9. The highest BCUT2D eigenvalue weighted by molar-refractivity contribution is 9.10. The van der Waals surface area contributed by atoms with Crippen molar-refractivity contribution in [3.63, 3.8) is 0 Å². The Hall–Kier alpha value is -1.11. The van der Waals surface area contributed by atoms with Crippen LogP contribution in [0.4, 0.5) is 5.69 Å². The summed E-state index contributed by atoms with van der Waals surface area (Å²) in [5, 5.41) is 6.14. The zero-order chi connectivity index (χ0) is 15.1. The third-order valence-corrected chi connectivity index (χ3v) is 4.02. The Bertz CT molecular complexity index is 476. The number of benzene rings is 1. The number of ether oxygens (including phenoxy) is 2. The zero-order valence-corrected chi connectivity index (χ0v) is 13.7. The van der Waals surface area contributed by atoms with Gasteiger partial charge in [0.2, 0.25) is 5.91 Å². The lowest BCUT2D eigenvalue weighted by atomic mass is 10.1. The number of rotatable bonds is 6. The Balaban J connectivity index is 1.72. The molecule has 1 saturated heterocycles. The number of hydrogen-bond donors (Lipinski definition) is 2. The molecule has 116 valence electrons. The van der Waals surface area contributed by atoms with Gasteiger partial charge >= 0.3 is 0 Å². The van der Waals surface area contributed by atoms with Crippen molar-refractivity contribution in [2.75, 3.05) is 32.1 Å². The molecule has 0 aliphatic carbocycles. The highest BCUT2D eigenvalue weighted by Gasteiger charge is 2.13. The molecule has 21 heavy (non-hydrogen) atoms. The van der Waals surface area contributed by atoms with Gasteiger partial charge in [0, 0.05) is 5.69 Å². The lowest BCUT2D eigenvalue weighted by Crippen LogP contribution is -2.33. The SMILES string of the molecule is COc1ccc(NC(=O)CCOC2CCNCC2)cc1Br. The third-order valence-electron chi connectivity index (χ3n) is 3.40. The number of anilines is 1. The molecule has 1 aliphatic rings. The molecule has 0 aromatic heterocycles. The van der Waals surface area contributed by atoms with Crippen LogP contribution in [0.1, 0.15) is 19.3 Å².